The van der Waals surface area contributed by atoms with Gasteiger partial charge in [-0.1, -0.05) is 36.4 Å². The number of benzene rings is 2. The van der Waals surface area contributed by atoms with Gasteiger partial charge >= 0.3 is 184 Å². The van der Waals surface area contributed by atoms with Crippen LogP contribution in [0, 0.1) is 0 Å². The summed E-state index contributed by atoms with van der Waals surface area (Å²) in [7, 11) is 0. The second-order valence-electron chi connectivity index (χ2n) is 12.5. The fourth-order valence-electron chi connectivity index (χ4n) is 5.29. The summed E-state index contributed by atoms with van der Waals surface area (Å²) in [5, 5.41) is 0. The van der Waals surface area contributed by atoms with Gasteiger partial charge in [0.15, 0.2) is 0 Å². The molecule has 276 valence electrons. The smallest absolute Gasteiger partial charge is 0.779 e. The van der Waals surface area contributed by atoms with Crippen LogP contribution in [-0.4, -0.2) is 46.3 Å². The van der Waals surface area contributed by atoms with Crippen LogP contribution in [0.25, 0.3) is 0 Å². The zero-order chi connectivity index (χ0) is 36.2. The SMILES string of the molecule is CCCCCCCCCCC[CH2][Sn+2][CH2]CCCCCCCCCCC.CCOC(=O)c1ccccc1[S-].CCOC(=O)c1ccccc1[S-]. The number of carbonyl (C=O) groups is 2. The van der Waals surface area contributed by atoms with Crippen LogP contribution in [0.3, 0.4) is 0 Å². The van der Waals surface area contributed by atoms with Crippen molar-refractivity contribution in [2.75, 3.05) is 13.2 Å². The topological polar surface area (TPSA) is 52.6 Å². The van der Waals surface area contributed by atoms with Gasteiger partial charge in [-0.05, 0) is 26.0 Å². The minimum absolute atomic E-state index is 0.0377. The van der Waals surface area contributed by atoms with E-state index < -0.39 is 0 Å². The molecule has 2 aromatic carbocycles. The maximum absolute atomic E-state index is 11.2. The minimum Gasteiger partial charge on any atom is -0.779 e. The van der Waals surface area contributed by atoms with Gasteiger partial charge in [-0.3, -0.25) is 0 Å². The van der Waals surface area contributed by atoms with Crippen molar-refractivity contribution in [2.45, 2.75) is 175 Å². The van der Waals surface area contributed by atoms with Crippen LogP contribution >= 0.6 is 0 Å². The average molecular weight is 820 g/mol. The van der Waals surface area contributed by atoms with E-state index in [-0.39, 0.29) is 33.1 Å². The molecule has 4 nitrogen and oxygen atoms in total. The summed E-state index contributed by atoms with van der Waals surface area (Å²) in [6, 6.07) is 13.9. The molecule has 7 heteroatoms. The van der Waals surface area contributed by atoms with Crippen LogP contribution in [-0.2, 0) is 34.7 Å². The standard InChI is InChI=1S/2C12H25.2C9H10O2S.Sn/c2*1-3-5-7-9-11-12-10-8-6-4-2;2*1-2-11-9(10)7-5-3-4-6-8(7)12;/h2*1,3-12H2,2H3;2*3-6,12H,2H2,1H3;/q;;;;+2/p-2. The number of unbranched alkanes of at least 4 members (excludes halogenated alkanes) is 18. The van der Waals surface area contributed by atoms with Crippen molar-refractivity contribution in [1.29, 1.82) is 0 Å². The summed E-state index contributed by atoms with van der Waals surface area (Å²) < 4.78 is 12.9. The molecule has 2 rings (SSSR count). The quantitative estimate of drug-likeness (QED) is 0.0408. The fourth-order valence-corrected chi connectivity index (χ4v) is 9.32. The second kappa shape index (κ2) is 36.4. The molecule has 0 fully saturated rings. The van der Waals surface area contributed by atoms with E-state index in [9.17, 15) is 9.59 Å². The molecule has 0 aliphatic carbocycles. The van der Waals surface area contributed by atoms with Gasteiger partial charge in [0.05, 0.1) is 13.2 Å². The van der Waals surface area contributed by atoms with Crippen LogP contribution in [0.5, 0.6) is 0 Å². The number of hydrogen-bond donors (Lipinski definition) is 0. The van der Waals surface area contributed by atoms with Gasteiger partial charge in [0.25, 0.3) is 0 Å². The van der Waals surface area contributed by atoms with Gasteiger partial charge in [0.1, 0.15) is 0 Å². The van der Waals surface area contributed by atoms with Crippen molar-refractivity contribution in [1.82, 2.24) is 0 Å². The Morgan fingerprint density at radius 1 is 0.469 bits per heavy atom. The normalized spacial score (nSPS) is 10.2. The Balaban J connectivity index is 0.000000791. The molecule has 0 radical (unpaired) electrons. The Morgan fingerprint density at radius 2 is 0.755 bits per heavy atom. The Labute approximate surface area is 323 Å². The number of esters is 2. The van der Waals surface area contributed by atoms with E-state index in [0.717, 1.165) is 0 Å². The van der Waals surface area contributed by atoms with Crippen molar-refractivity contribution in [3.8, 4) is 0 Å². The number of ether oxygens (including phenoxy) is 2. The Hall–Kier alpha value is -1.38. The van der Waals surface area contributed by atoms with Crippen molar-refractivity contribution < 1.29 is 19.1 Å². The van der Waals surface area contributed by atoms with Gasteiger partial charge in [-0.15, -0.1) is 0 Å². The van der Waals surface area contributed by atoms with E-state index in [1.54, 1.807) is 84.1 Å². The maximum atomic E-state index is 11.2. The molecule has 0 N–H and O–H groups in total. The van der Waals surface area contributed by atoms with E-state index in [4.69, 9.17) is 34.7 Å². The van der Waals surface area contributed by atoms with Gasteiger partial charge < -0.3 is 34.7 Å². The van der Waals surface area contributed by atoms with Crippen LogP contribution in [0.4, 0.5) is 0 Å². The summed E-state index contributed by atoms with van der Waals surface area (Å²) in [4.78, 5) is 23.4. The van der Waals surface area contributed by atoms with Gasteiger partial charge in [-0.2, -0.15) is 9.79 Å². The molecule has 0 aliphatic rings. The summed E-state index contributed by atoms with van der Waals surface area (Å²) in [6.07, 6.45) is 29.8. The molecule has 49 heavy (non-hydrogen) atoms. The van der Waals surface area contributed by atoms with E-state index in [2.05, 4.69) is 13.8 Å². The van der Waals surface area contributed by atoms with E-state index >= 15 is 0 Å². The molecule has 0 unspecified atom stereocenters. The monoisotopic (exact) mass is 820 g/mol. The van der Waals surface area contributed by atoms with E-state index in [0.29, 0.717) is 34.1 Å². The summed E-state index contributed by atoms with van der Waals surface area (Å²) >= 11 is 9.92. The van der Waals surface area contributed by atoms with Crippen LogP contribution in [0.1, 0.15) is 177 Å². The molecular weight excluding hydrogens is 751 g/mol. The molecule has 0 spiro atoms. The molecule has 0 aromatic heterocycles. The summed E-state index contributed by atoms with van der Waals surface area (Å²) in [5.41, 5.74) is 0.934. The zero-order valence-electron chi connectivity index (χ0n) is 31.5. The van der Waals surface area contributed by atoms with Crippen molar-refractivity contribution in [3.05, 3.63) is 59.7 Å². The van der Waals surface area contributed by atoms with Crippen LogP contribution < -0.4 is 0 Å². The first kappa shape index (κ1) is 47.6. The average Bonchev–Trinajstić information content (AvgIpc) is 3.10. The number of rotatable bonds is 26. The molecule has 0 saturated carbocycles. The van der Waals surface area contributed by atoms with Gasteiger partial charge in [0, 0.05) is 11.1 Å². The second-order valence-corrected chi connectivity index (χ2v) is 17.7. The van der Waals surface area contributed by atoms with Crippen LogP contribution in [0.15, 0.2) is 58.3 Å². The van der Waals surface area contributed by atoms with Gasteiger partial charge in [0.2, 0.25) is 0 Å². The molecule has 0 amide bonds. The number of carbonyl (C=O) groups excluding carboxylic acids is 2. The Kier molecular flexibility index (Phi) is 35.4. The Bertz CT molecular complexity index is 967. The van der Waals surface area contributed by atoms with E-state index in [1.165, 1.54) is 116 Å². The molecule has 2 aromatic rings. The summed E-state index contributed by atoms with van der Waals surface area (Å²) in [5.74, 6) is -0.689. The molecule has 0 aliphatic heterocycles. The van der Waals surface area contributed by atoms with Gasteiger partial charge in [-0.25, -0.2) is 9.59 Å². The zero-order valence-corrected chi connectivity index (χ0v) is 36.0. The molecule has 0 heterocycles. The minimum atomic E-state index is -0.344. The third kappa shape index (κ3) is 29.0. The molecular formula is C42H68O4S2Sn. The first-order chi connectivity index (χ1) is 23.9. The third-order valence-electron chi connectivity index (χ3n) is 8.18. The molecule has 0 saturated heterocycles. The molecule has 0 atom stereocenters. The molecule has 0 bridgehead atoms. The Morgan fingerprint density at radius 3 is 1.04 bits per heavy atom. The number of hydrogen-bond acceptors (Lipinski definition) is 6. The fraction of sp³-hybridized carbons (Fsp3) is 0.667. The first-order valence-electron chi connectivity index (χ1n) is 19.5. The third-order valence-corrected chi connectivity index (χ3v) is 12.9. The predicted molar refractivity (Wildman–Crippen MR) is 215 cm³/mol. The van der Waals surface area contributed by atoms with Crippen molar-refractivity contribution in [3.63, 3.8) is 0 Å². The summed E-state index contributed by atoms with van der Waals surface area (Å²) in [6.45, 7) is 8.90. The predicted octanol–water partition coefficient (Wildman–Crippen LogP) is 12.9. The van der Waals surface area contributed by atoms with E-state index in [1.807, 2.05) is 0 Å². The first-order valence-corrected chi connectivity index (χ1v) is 24.3. The van der Waals surface area contributed by atoms with Crippen molar-refractivity contribution >= 4 is 58.3 Å². The van der Waals surface area contributed by atoms with Crippen molar-refractivity contribution in [2.24, 2.45) is 0 Å². The van der Waals surface area contributed by atoms with Crippen LogP contribution in [0.2, 0.25) is 8.87 Å².